The molecule has 0 radical (unpaired) electrons. The van der Waals surface area contributed by atoms with E-state index in [1.54, 1.807) is 12.1 Å². The number of carbonyl (C=O) groups is 2. The Hall–Kier alpha value is -3.09. The van der Waals surface area contributed by atoms with Gasteiger partial charge in [0.25, 0.3) is 5.91 Å². The normalized spacial score (nSPS) is 17.1. The third-order valence-corrected chi connectivity index (χ3v) is 4.29. The fourth-order valence-electron chi connectivity index (χ4n) is 3.16. The van der Waals surface area contributed by atoms with Gasteiger partial charge in [-0.05, 0) is 35.7 Å². The van der Waals surface area contributed by atoms with Crippen molar-refractivity contribution in [2.24, 2.45) is 5.92 Å². The van der Waals surface area contributed by atoms with Gasteiger partial charge in [0.05, 0.1) is 17.3 Å². The quantitative estimate of drug-likeness (QED) is 0.865. The highest BCUT2D eigenvalue weighted by molar-refractivity contribution is 6.16. The molecule has 2 heterocycles. The highest BCUT2D eigenvalue weighted by Gasteiger charge is 2.45. The fraction of sp³-hybridized carbons (Fsp3) is 0.250. The Balaban J connectivity index is 2.16. The number of halogens is 2. The van der Waals surface area contributed by atoms with Crippen LogP contribution < -0.4 is 4.90 Å². The summed E-state index contributed by atoms with van der Waals surface area (Å²) in [5, 5.41) is 10.4. The summed E-state index contributed by atoms with van der Waals surface area (Å²) >= 11 is 0. The van der Waals surface area contributed by atoms with Gasteiger partial charge in [-0.2, -0.15) is 0 Å². The van der Waals surface area contributed by atoms with Crippen LogP contribution in [0.2, 0.25) is 0 Å². The Morgan fingerprint density at radius 1 is 1.22 bits per heavy atom. The first-order valence-corrected chi connectivity index (χ1v) is 8.46. The van der Waals surface area contributed by atoms with Crippen molar-refractivity contribution in [3.63, 3.8) is 0 Å². The zero-order valence-electron chi connectivity index (χ0n) is 14.8. The maximum atomic E-state index is 14.4. The monoisotopic (exact) mass is 372 g/mol. The van der Waals surface area contributed by atoms with Crippen LogP contribution in [0.4, 0.5) is 14.5 Å². The molecule has 0 saturated heterocycles. The van der Waals surface area contributed by atoms with Gasteiger partial charge in [0.15, 0.2) is 11.5 Å². The van der Waals surface area contributed by atoms with Gasteiger partial charge in [-0.15, -0.1) is 0 Å². The Kier molecular flexibility index (Phi) is 5.03. The molecule has 0 spiro atoms. The molecule has 0 aliphatic carbocycles. The molecule has 3 rings (SSSR count). The predicted octanol–water partition coefficient (Wildman–Crippen LogP) is 3.88. The van der Waals surface area contributed by atoms with Crippen molar-refractivity contribution in [1.29, 1.82) is 0 Å². The third-order valence-electron chi connectivity index (χ3n) is 4.29. The van der Waals surface area contributed by atoms with Crippen LogP contribution in [0, 0.1) is 17.6 Å². The van der Waals surface area contributed by atoms with Crippen molar-refractivity contribution < 1.29 is 23.5 Å². The molecular formula is C20H18F2N2O3. The Morgan fingerprint density at radius 2 is 1.89 bits per heavy atom. The summed E-state index contributed by atoms with van der Waals surface area (Å²) in [4.78, 5) is 30.4. The van der Waals surface area contributed by atoms with E-state index in [9.17, 15) is 23.5 Å². The minimum absolute atomic E-state index is 0.00241. The zero-order chi connectivity index (χ0) is 19.7. The van der Waals surface area contributed by atoms with Gasteiger partial charge in [-0.25, -0.2) is 8.78 Å². The maximum Gasteiger partial charge on any atom is 0.294 e. The number of aliphatic hydroxyl groups excluding tert-OH is 1. The Morgan fingerprint density at radius 3 is 2.48 bits per heavy atom. The molecule has 1 aliphatic rings. The van der Waals surface area contributed by atoms with Gasteiger partial charge < -0.3 is 5.11 Å². The van der Waals surface area contributed by atoms with E-state index in [1.165, 1.54) is 12.4 Å². The predicted molar refractivity (Wildman–Crippen MR) is 94.9 cm³/mol. The molecule has 1 unspecified atom stereocenters. The van der Waals surface area contributed by atoms with Crippen LogP contribution in [0.5, 0.6) is 0 Å². The summed E-state index contributed by atoms with van der Waals surface area (Å²) in [5.74, 6) is -3.78. The highest BCUT2D eigenvalue weighted by atomic mass is 19.1. The van der Waals surface area contributed by atoms with E-state index in [0.717, 1.165) is 17.0 Å². The second-order valence-electron chi connectivity index (χ2n) is 6.74. The molecule has 1 atom stereocenters. The Labute approximate surface area is 155 Å². The van der Waals surface area contributed by atoms with Crippen molar-refractivity contribution >= 4 is 17.4 Å². The van der Waals surface area contributed by atoms with Crippen molar-refractivity contribution in [1.82, 2.24) is 4.98 Å². The van der Waals surface area contributed by atoms with Crippen molar-refractivity contribution in [2.45, 2.75) is 26.3 Å². The van der Waals surface area contributed by atoms with E-state index in [0.29, 0.717) is 11.6 Å². The van der Waals surface area contributed by atoms with E-state index in [-0.39, 0.29) is 23.6 Å². The van der Waals surface area contributed by atoms with E-state index in [1.807, 2.05) is 13.8 Å². The standard InChI is InChI=1S/C20H18F2N2O3/c1-11(2)9-16(25)17-18(12-5-7-23-8-6-12)24(20(27)19(17)26)15-4-3-13(21)10-14(15)22/h3-8,10-11,18,26H,9H2,1-2H3. The number of hydrogen-bond acceptors (Lipinski definition) is 4. The van der Waals surface area contributed by atoms with Crippen LogP contribution >= 0.6 is 0 Å². The first-order valence-electron chi connectivity index (χ1n) is 8.46. The van der Waals surface area contributed by atoms with Gasteiger partial charge in [0.2, 0.25) is 0 Å². The number of aromatic nitrogens is 1. The minimum atomic E-state index is -1.02. The average Bonchev–Trinajstić information content (AvgIpc) is 2.87. The van der Waals surface area contributed by atoms with Gasteiger partial charge in [0.1, 0.15) is 11.6 Å². The molecule has 140 valence electrons. The zero-order valence-corrected chi connectivity index (χ0v) is 14.8. The number of amides is 1. The van der Waals surface area contributed by atoms with Gasteiger partial charge in [-0.1, -0.05) is 13.8 Å². The summed E-state index contributed by atoms with van der Waals surface area (Å²) in [6.45, 7) is 3.68. The number of benzene rings is 1. The number of pyridine rings is 1. The second-order valence-corrected chi connectivity index (χ2v) is 6.74. The van der Waals surface area contributed by atoms with Crippen molar-refractivity contribution in [3.05, 3.63) is 71.3 Å². The van der Waals surface area contributed by atoms with Crippen LogP contribution in [-0.4, -0.2) is 21.8 Å². The largest absolute Gasteiger partial charge is 0.503 e. The number of hydrogen-bond donors (Lipinski definition) is 1. The lowest BCUT2D eigenvalue weighted by Gasteiger charge is -2.27. The molecule has 7 heteroatoms. The summed E-state index contributed by atoms with van der Waals surface area (Å²) in [5.41, 5.74) is 0.170. The maximum absolute atomic E-state index is 14.4. The summed E-state index contributed by atoms with van der Waals surface area (Å²) in [6, 6.07) is 4.91. The number of carbonyl (C=O) groups excluding carboxylic acids is 2. The number of nitrogens with zero attached hydrogens (tertiary/aromatic N) is 2. The van der Waals surface area contributed by atoms with E-state index in [2.05, 4.69) is 4.98 Å². The number of ketones is 1. The number of aliphatic hydroxyl groups is 1. The summed E-state index contributed by atoms with van der Waals surface area (Å²) in [6.07, 6.45) is 3.06. The lowest BCUT2D eigenvalue weighted by Crippen LogP contribution is -2.32. The smallest absolute Gasteiger partial charge is 0.294 e. The summed E-state index contributed by atoms with van der Waals surface area (Å²) in [7, 11) is 0. The average molecular weight is 372 g/mol. The molecule has 0 fully saturated rings. The molecule has 1 aromatic carbocycles. The van der Waals surface area contributed by atoms with E-state index >= 15 is 0 Å². The lowest BCUT2D eigenvalue weighted by atomic mass is 9.92. The summed E-state index contributed by atoms with van der Waals surface area (Å²) < 4.78 is 27.7. The topological polar surface area (TPSA) is 70.5 Å². The van der Waals surface area contributed by atoms with Crippen LogP contribution in [0.3, 0.4) is 0 Å². The SMILES string of the molecule is CC(C)CC(=O)C1=C(O)C(=O)N(c2ccc(F)cc2F)C1c1ccncc1. The molecule has 27 heavy (non-hydrogen) atoms. The van der Waals surface area contributed by atoms with Gasteiger partial charge in [0, 0.05) is 24.9 Å². The Bertz CT molecular complexity index is 926. The first kappa shape index (κ1) is 18.7. The molecule has 1 aromatic heterocycles. The molecule has 0 saturated carbocycles. The van der Waals surface area contributed by atoms with Crippen LogP contribution in [0.1, 0.15) is 31.9 Å². The number of anilines is 1. The third kappa shape index (κ3) is 3.45. The number of Topliss-reactive ketones (excluding diaryl/α,β-unsaturated/α-hetero) is 1. The van der Waals surface area contributed by atoms with E-state index in [4.69, 9.17) is 0 Å². The van der Waals surface area contributed by atoms with Crippen LogP contribution in [0.15, 0.2) is 54.1 Å². The molecule has 1 amide bonds. The number of rotatable bonds is 5. The van der Waals surface area contributed by atoms with Crippen LogP contribution in [0.25, 0.3) is 0 Å². The van der Waals surface area contributed by atoms with Crippen molar-refractivity contribution in [3.8, 4) is 0 Å². The van der Waals surface area contributed by atoms with Crippen LogP contribution in [-0.2, 0) is 9.59 Å². The van der Waals surface area contributed by atoms with E-state index < -0.39 is 35.1 Å². The minimum Gasteiger partial charge on any atom is -0.503 e. The molecule has 2 aromatic rings. The highest BCUT2D eigenvalue weighted by Crippen LogP contribution is 2.42. The van der Waals surface area contributed by atoms with Gasteiger partial charge in [-0.3, -0.25) is 19.5 Å². The molecule has 5 nitrogen and oxygen atoms in total. The molecule has 1 aliphatic heterocycles. The first-order chi connectivity index (χ1) is 12.8. The second kappa shape index (κ2) is 7.26. The molecule has 0 bridgehead atoms. The molecular weight excluding hydrogens is 354 g/mol. The van der Waals surface area contributed by atoms with Gasteiger partial charge >= 0.3 is 0 Å². The van der Waals surface area contributed by atoms with Crippen molar-refractivity contribution in [2.75, 3.05) is 4.90 Å². The molecule has 1 N–H and O–H groups in total. The fourth-order valence-corrected chi connectivity index (χ4v) is 3.16. The lowest BCUT2D eigenvalue weighted by molar-refractivity contribution is -0.118.